The Morgan fingerprint density at radius 1 is 1.38 bits per heavy atom. The van der Waals surface area contributed by atoms with E-state index in [1.165, 1.54) is 19.2 Å². The van der Waals surface area contributed by atoms with Crippen molar-refractivity contribution in [1.29, 1.82) is 0 Å². The highest BCUT2D eigenvalue weighted by molar-refractivity contribution is 5.85. The summed E-state index contributed by atoms with van der Waals surface area (Å²) in [5, 5.41) is 0. The second-order valence-corrected chi connectivity index (χ2v) is 3.12. The van der Waals surface area contributed by atoms with Crippen molar-refractivity contribution in [3.05, 3.63) is 29.6 Å². The van der Waals surface area contributed by atoms with Crippen molar-refractivity contribution in [2.24, 2.45) is 5.73 Å². The Morgan fingerprint density at radius 2 is 2.00 bits per heavy atom. The maximum absolute atomic E-state index is 13.2. The molecule has 0 saturated heterocycles. The Kier molecular flexibility index (Phi) is 6.21. The highest BCUT2D eigenvalue weighted by Crippen LogP contribution is 2.24. The Bertz CT molecular complexity index is 336. The lowest BCUT2D eigenvalue weighted by molar-refractivity contribution is 0.128. The van der Waals surface area contributed by atoms with Crippen LogP contribution in [0.2, 0.25) is 0 Å². The zero-order valence-electron chi connectivity index (χ0n) is 8.62. The van der Waals surface area contributed by atoms with Crippen LogP contribution >= 0.6 is 12.4 Å². The first-order valence-electron chi connectivity index (χ1n) is 4.41. The molecule has 1 atom stereocenters. The minimum absolute atomic E-state index is 0. The first kappa shape index (κ1) is 15.1. The normalized spacial score (nSPS) is 12.1. The summed E-state index contributed by atoms with van der Waals surface area (Å²) in [4.78, 5) is 0. The van der Waals surface area contributed by atoms with Gasteiger partial charge >= 0.3 is 0 Å². The fourth-order valence-electron chi connectivity index (χ4n) is 1.25. The van der Waals surface area contributed by atoms with Gasteiger partial charge in [0.15, 0.2) is 0 Å². The van der Waals surface area contributed by atoms with Crippen LogP contribution in [0, 0.1) is 5.82 Å². The van der Waals surface area contributed by atoms with E-state index < -0.39 is 24.7 Å². The van der Waals surface area contributed by atoms with E-state index >= 15 is 0 Å². The van der Waals surface area contributed by atoms with E-state index in [0.29, 0.717) is 5.75 Å². The van der Waals surface area contributed by atoms with Gasteiger partial charge in [-0.2, -0.15) is 0 Å². The number of alkyl halides is 2. The Hall–Kier alpha value is -0.940. The molecule has 92 valence electrons. The van der Waals surface area contributed by atoms with Crippen molar-refractivity contribution < 1.29 is 17.9 Å². The maximum atomic E-state index is 13.2. The molecule has 0 fully saturated rings. The minimum atomic E-state index is -2.55. The molecule has 1 rings (SSSR count). The van der Waals surface area contributed by atoms with Gasteiger partial charge in [-0.3, -0.25) is 0 Å². The van der Waals surface area contributed by atoms with Crippen LogP contribution in [-0.2, 0) is 0 Å². The van der Waals surface area contributed by atoms with Gasteiger partial charge in [0.1, 0.15) is 11.6 Å². The van der Waals surface area contributed by atoms with E-state index in [9.17, 15) is 13.2 Å². The summed E-state index contributed by atoms with van der Waals surface area (Å²) >= 11 is 0. The van der Waals surface area contributed by atoms with E-state index in [2.05, 4.69) is 0 Å². The first-order chi connectivity index (χ1) is 7.04. The summed E-state index contributed by atoms with van der Waals surface area (Å²) in [5.74, 6) is -0.194. The van der Waals surface area contributed by atoms with Gasteiger partial charge in [0.05, 0.1) is 7.11 Å². The van der Waals surface area contributed by atoms with Crippen molar-refractivity contribution in [1.82, 2.24) is 0 Å². The van der Waals surface area contributed by atoms with Crippen LogP contribution in [0.15, 0.2) is 18.2 Å². The Labute approximate surface area is 98.0 Å². The molecule has 2 nitrogen and oxygen atoms in total. The second-order valence-electron chi connectivity index (χ2n) is 3.12. The fourth-order valence-corrected chi connectivity index (χ4v) is 1.25. The SMILES string of the molecule is COc1ccc(F)c([C@H](N)CC(F)F)c1.Cl. The van der Waals surface area contributed by atoms with Gasteiger partial charge in [-0.1, -0.05) is 0 Å². The molecule has 0 unspecified atom stereocenters. The number of nitrogens with two attached hydrogens (primary N) is 1. The molecule has 16 heavy (non-hydrogen) atoms. The predicted octanol–water partition coefficient (Wildman–Crippen LogP) is 2.91. The van der Waals surface area contributed by atoms with Crippen molar-refractivity contribution in [3.8, 4) is 5.75 Å². The lowest BCUT2D eigenvalue weighted by Crippen LogP contribution is -2.15. The maximum Gasteiger partial charge on any atom is 0.240 e. The molecule has 0 radical (unpaired) electrons. The van der Waals surface area contributed by atoms with Gasteiger partial charge in [0, 0.05) is 18.0 Å². The third-order valence-corrected chi connectivity index (χ3v) is 2.03. The highest BCUT2D eigenvalue weighted by atomic mass is 35.5. The first-order valence-corrected chi connectivity index (χ1v) is 4.41. The molecule has 0 aromatic heterocycles. The molecule has 1 aromatic carbocycles. The van der Waals surface area contributed by atoms with Gasteiger partial charge in [-0.25, -0.2) is 13.2 Å². The average Bonchev–Trinajstić information content (AvgIpc) is 2.17. The lowest BCUT2D eigenvalue weighted by Gasteiger charge is -2.13. The number of halogens is 4. The van der Waals surface area contributed by atoms with Gasteiger partial charge in [0.25, 0.3) is 0 Å². The number of ether oxygens (including phenoxy) is 1. The van der Waals surface area contributed by atoms with Gasteiger partial charge < -0.3 is 10.5 Å². The zero-order valence-corrected chi connectivity index (χ0v) is 9.44. The summed E-state index contributed by atoms with van der Waals surface area (Å²) in [6, 6.07) is 2.88. The molecular weight excluding hydrogens is 243 g/mol. The third kappa shape index (κ3) is 3.90. The van der Waals surface area contributed by atoms with E-state index in [4.69, 9.17) is 10.5 Å². The minimum Gasteiger partial charge on any atom is -0.497 e. The van der Waals surface area contributed by atoms with Crippen molar-refractivity contribution >= 4 is 12.4 Å². The van der Waals surface area contributed by atoms with Crippen molar-refractivity contribution in [2.75, 3.05) is 7.11 Å². The van der Waals surface area contributed by atoms with Crippen LogP contribution in [0.5, 0.6) is 5.75 Å². The molecule has 1 aromatic rings. The van der Waals surface area contributed by atoms with Gasteiger partial charge in [-0.05, 0) is 18.2 Å². The summed E-state index contributed by atoms with van der Waals surface area (Å²) < 4.78 is 42.2. The number of methoxy groups -OCH3 is 1. The van der Waals surface area contributed by atoms with E-state index in [0.717, 1.165) is 6.07 Å². The van der Waals surface area contributed by atoms with Crippen LogP contribution in [0.1, 0.15) is 18.0 Å². The fraction of sp³-hybridized carbons (Fsp3) is 0.400. The quantitative estimate of drug-likeness (QED) is 0.898. The molecule has 0 heterocycles. The molecule has 0 saturated carbocycles. The number of rotatable bonds is 4. The largest absolute Gasteiger partial charge is 0.497 e. The molecule has 6 heteroatoms. The van der Waals surface area contributed by atoms with E-state index in [1.807, 2.05) is 0 Å². The Balaban J connectivity index is 0.00000225. The summed E-state index contributed by atoms with van der Waals surface area (Å²) in [5.41, 5.74) is 5.50. The molecule has 0 aliphatic carbocycles. The summed E-state index contributed by atoms with van der Waals surface area (Å²) in [6.07, 6.45) is -3.12. The topological polar surface area (TPSA) is 35.2 Å². The molecule has 0 spiro atoms. The van der Waals surface area contributed by atoms with Crippen LogP contribution in [0.25, 0.3) is 0 Å². The molecule has 0 bridgehead atoms. The second kappa shape index (κ2) is 6.60. The lowest BCUT2D eigenvalue weighted by atomic mass is 10.0. The summed E-state index contributed by atoms with van der Waals surface area (Å²) in [7, 11) is 1.41. The molecule has 0 aliphatic heterocycles. The van der Waals surface area contributed by atoms with Gasteiger partial charge in [0.2, 0.25) is 6.43 Å². The molecule has 0 aliphatic rings. The van der Waals surface area contributed by atoms with Crippen LogP contribution in [0.4, 0.5) is 13.2 Å². The summed E-state index contributed by atoms with van der Waals surface area (Å²) in [6.45, 7) is 0. The monoisotopic (exact) mass is 255 g/mol. The molecule has 2 N–H and O–H groups in total. The standard InChI is InChI=1S/C10H12F3NO.ClH/c1-15-6-2-3-8(11)7(4-6)9(14)5-10(12)13;/h2-4,9-10H,5,14H2,1H3;1H/t9-;/m1./s1. The van der Waals surface area contributed by atoms with Crippen LogP contribution in [0.3, 0.4) is 0 Å². The van der Waals surface area contributed by atoms with Crippen LogP contribution in [-0.4, -0.2) is 13.5 Å². The Morgan fingerprint density at radius 3 is 2.50 bits per heavy atom. The number of benzene rings is 1. The molecular formula is C10H13ClF3NO. The van der Waals surface area contributed by atoms with Crippen molar-refractivity contribution in [3.63, 3.8) is 0 Å². The smallest absolute Gasteiger partial charge is 0.240 e. The zero-order chi connectivity index (χ0) is 11.4. The highest BCUT2D eigenvalue weighted by Gasteiger charge is 2.17. The number of hydrogen-bond acceptors (Lipinski definition) is 2. The van der Waals surface area contributed by atoms with E-state index in [-0.39, 0.29) is 18.0 Å². The molecule has 0 amide bonds. The third-order valence-electron chi connectivity index (χ3n) is 2.03. The van der Waals surface area contributed by atoms with Crippen molar-refractivity contribution in [2.45, 2.75) is 18.9 Å². The van der Waals surface area contributed by atoms with E-state index in [1.54, 1.807) is 0 Å². The predicted molar refractivity (Wildman–Crippen MR) is 57.7 cm³/mol. The average molecular weight is 256 g/mol. The number of hydrogen-bond donors (Lipinski definition) is 1. The van der Waals surface area contributed by atoms with Gasteiger partial charge in [-0.15, -0.1) is 12.4 Å². The van der Waals surface area contributed by atoms with Crippen LogP contribution < -0.4 is 10.5 Å².